The van der Waals surface area contributed by atoms with Gasteiger partial charge in [-0.2, -0.15) is 0 Å². The SMILES string of the molecule is CCCCNC(=O)CN(c1cccc(C)c1)S(=O)(=O)c1ccccc1. The number of carbonyl (C=O) groups is 1. The summed E-state index contributed by atoms with van der Waals surface area (Å²) in [4.78, 5) is 12.4. The molecule has 0 radical (unpaired) electrons. The molecule has 0 heterocycles. The van der Waals surface area contributed by atoms with Gasteiger partial charge in [0, 0.05) is 6.54 Å². The highest BCUT2D eigenvalue weighted by atomic mass is 32.2. The highest BCUT2D eigenvalue weighted by Gasteiger charge is 2.26. The molecule has 0 saturated heterocycles. The smallest absolute Gasteiger partial charge is 0.264 e. The number of sulfonamides is 1. The molecule has 2 aromatic rings. The summed E-state index contributed by atoms with van der Waals surface area (Å²) >= 11 is 0. The lowest BCUT2D eigenvalue weighted by atomic mass is 10.2. The van der Waals surface area contributed by atoms with Gasteiger partial charge in [-0.05, 0) is 43.2 Å². The Morgan fingerprint density at radius 1 is 1.08 bits per heavy atom. The molecule has 2 rings (SSSR count). The number of anilines is 1. The standard InChI is InChI=1S/C19H24N2O3S/c1-3-4-13-20-19(22)15-21(17-10-8-9-16(2)14-17)25(23,24)18-11-6-5-7-12-18/h5-12,14H,3-4,13,15H2,1-2H3,(H,20,22). The van der Waals surface area contributed by atoms with E-state index in [1.807, 2.05) is 19.9 Å². The molecule has 0 aliphatic heterocycles. The fourth-order valence-electron chi connectivity index (χ4n) is 2.41. The van der Waals surface area contributed by atoms with E-state index in [4.69, 9.17) is 0 Å². The Bertz CT molecular complexity index is 804. The van der Waals surface area contributed by atoms with E-state index in [-0.39, 0.29) is 17.3 Å². The lowest BCUT2D eigenvalue weighted by Crippen LogP contribution is -2.41. The van der Waals surface area contributed by atoms with Crippen molar-refractivity contribution in [3.63, 3.8) is 0 Å². The van der Waals surface area contributed by atoms with Crippen LogP contribution in [0.1, 0.15) is 25.3 Å². The van der Waals surface area contributed by atoms with Gasteiger partial charge in [-0.1, -0.05) is 43.7 Å². The average Bonchev–Trinajstić information content (AvgIpc) is 2.60. The van der Waals surface area contributed by atoms with Gasteiger partial charge in [-0.25, -0.2) is 8.42 Å². The maximum Gasteiger partial charge on any atom is 0.264 e. The predicted molar refractivity (Wildman–Crippen MR) is 100 cm³/mol. The van der Waals surface area contributed by atoms with E-state index in [0.29, 0.717) is 12.2 Å². The number of unbranched alkanes of at least 4 members (excludes halogenated alkanes) is 1. The van der Waals surface area contributed by atoms with E-state index >= 15 is 0 Å². The summed E-state index contributed by atoms with van der Waals surface area (Å²) in [6.07, 6.45) is 1.83. The van der Waals surface area contributed by atoms with Crippen LogP contribution in [-0.4, -0.2) is 27.4 Å². The fraction of sp³-hybridized carbons (Fsp3) is 0.316. The van der Waals surface area contributed by atoms with Gasteiger partial charge < -0.3 is 5.32 Å². The zero-order valence-electron chi connectivity index (χ0n) is 14.6. The number of aryl methyl sites for hydroxylation is 1. The number of rotatable bonds is 8. The van der Waals surface area contributed by atoms with Crippen LogP contribution in [0.25, 0.3) is 0 Å². The fourth-order valence-corrected chi connectivity index (χ4v) is 3.84. The average molecular weight is 360 g/mol. The van der Waals surface area contributed by atoms with Crippen molar-refractivity contribution in [2.45, 2.75) is 31.6 Å². The van der Waals surface area contributed by atoms with Gasteiger partial charge in [-0.15, -0.1) is 0 Å². The monoisotopic (exact) mass is 360 g/mol. The number of benzene rings is 2. The van der Waals surface area contributed by atoms with Crippen molar-refractivity contribution in [1.82, 2.24) is 5.32 Å². The lowest BCUT2D eigenvalue weighted by molar-refractivity contribution is -0.119. The third kappa shape index (κ3) is 5.06. The van der Waals surface area contributed by atoms with Crippen LogP contribution in [0.3, 0.4) is 0 Å². The van der Waals surface area contributed by atoms with Crippen LogP contribution in [0.15, 0.2) is 59.5 Å². The highest BCUT2D eigenvalue weighted by Crippen LogP contribution is 2.24. The molecule has 0 saturated carbocycles. The van der Waals surface area contributed by atoms with Crippen molar-refractivity contribution >= 4 is 21.6 Å². The lowest BCUT2D eigenvalue weighted by Gasteiger charge is -2.24. The van der Waals surface area contributed by atoms with Crippen LogP contribution in [0.4, 0.5) is 5.69 Å². The summed E-state index contributed by atoms with van der Waals surface area (Å²) in [5, 5.41) is 2.78. The highest BCUT2D eigenvalue weighted by molar-refractivity contribution is 7.92. The molecule has 1 N–H and O–H groups in total. The van der Waals surface area contributed by atoms with Crippen LogP contribution in [0.5, 0.6) is 0 Å². The summed E-state index contributed by atoms with van der Waals surface area (Å²) in [5.41, 5.74) is 1.41. The zero-order valence-corrected chi connectivity index (χ0v) is 15.4. The van der Waals surface area contributed by atoms with Crippen molar-refractivity contribution in [1.29, 1.82) is 0 Å². The van der Waals surface area contributed by atoms with Crippen LogP contribution >= 0.6 is 0 Å². The summed E-state index contributed by atoms with van der Waals surface area (Å²) in [6, 6.07) is 15.3. The molecule has 25 heavy (non-hydrogen) atoms. The van der Waals surface area contributed by atoms with Gasteiger partial charge in [-0.3, -0.25) is 9.10 Å². The second-order valence-corrected chi connectivity index (χ2v) is 7.73. The third-order valence-corrected chi connectivity index (χ3v) is 5.55. The van der Waals surface area contributed by atoms with E-state index in [1.165, 1.54) is 12.1 Å². The van der Waals surface area contributed by atoms with E-state index in [2.05, 4.69) is 5.32 Å². The first-order valence-electron chi connectivity index (χ1n) is 8.36. The zero-order chi connectivity index (χ0) is 18.3. The summed E-state index contributed by atoms with van der Waals surface area (Å²) in [7, 11) is -3.82. The predicted octanol–water partition coefficient (Wildman–Crippen LogP) is 3.11. The van der Waals surface area contributed by atoms with Crippen molar-refractivity contribution in [2.75, 3.05) is 17.4 Å². The molecule has 1 amide bonds. The number of nitrogens with zero attached hydrogens (tertiary/aromatic N) is 1. The molecule has 0 aliphatic rings. The van der Waals surface area contributed by atoms with Gasteiger partial charge in [0.05, 0.1) is 10.6 Å². The van der Waals surface area contributed by atoms with Crippen LogP contribution < -0.4 is 9.62 Å². The van der Waals surface area contributed by atoms with Crippen molar-refractivity contribution in [3.05, 3.63) is 60.2 Å². The molecule has 0 aromatic heterocycles. The van der Waals surface area contributed by atoms with Gasteiger partial charge >= 0.3 is 0 Å². The topological polar surface area (TPSA) is 66.5 Å². The molecule has 0 spiro atoms. The van der Waals surface area contributed by atoms with Gasteiger partial charge in [0.2, 0.25) is 5.91 Å². The van der Waals surface area contributed by atoms with E-state index in [0.717, 1.165) is 22.7 Å². The Labute approximate surface area is 149 Å². The number of amides is 1. The van der Waals surface area contributed by atoms with Gasteiger partial charge in [0.15, 0.2) is 0 Å². The minimum atomic E-state index is -3.82. The Kier molecular flexibility index (Phi) is 6.58. The summed E-state index contributed by atoms with van der Waals surface area (Å²) < 4.78 is 27.3. The second-order valence-electron chi connectivity index (χ2n) is 5.87. The molecular weight excluding hydrogens is 336 g/mol. The van der Waals surface area contributed by atoms with E-state index in [1.54, 1.807) is 36.4 Å². The molecule has 0 atom stereocenters. The summed E-state index contributed by atoms with van der Waals surface area (Å²) in [5.74, 6) is -0.311. The molecule has 0 fully saturated rings. The first-order valence-corrected chi connectivity index (χ1v) is 9.80. The number of hydrogen-bond acceptors (Lipinski definition) is 3. The molecule has 2 aromatic carbocycles. The number of nitrogens with one attached hydrogen (secondary N) is 1. The molecule has 0 aliphatic carbocycles. The first-order chi connectivity index (χ1) is 11.9. The van der Waals surface area contributed by atoms with Gasteiger partial charge in [0.1, 0.15) is 6.54 Å². The molecule has 5 nitrogen and oxygen atoms in total. The van der Waals surface area contributed by atoms with Crippen molar-refractivity contribution in [2.24, 2.45) is 0 Å². The van der Waals surface area contributed by atoms with Crippen LogP contribution in [-0.2, 0) is 14.8 Å². The summed E-state index contributed by atoms with van der Waals surface area (Å²) in [6.45, 7) is 4.22. The first kappa shape index (κ1) is 19.0. The maximum absolute atomic E-state index is 13.1. The molecule has 134 valence electrons. The largest absolute Gasteiger partial charge is 0.355 e. The number of hydrogen-bond donors (Lipinski definition) is 1. The van der Waals surface area contributed by atoms with Gasteiger partial charge in [0.25, 0.3) is 10.0 Å². The Morgan fingerprint density at radius 2 is 1.80 bits per heavy atom. The molecular formula is C19H24N2O3S. The second kappa shape index (κ2) is 8.67. The number of carbonyl (C=O) groups excluding carboxylic acids is 1. The van der Waals surface area contributed by atoms with Crippen molar-refractivity contribution < 1.29 is 13.2 Å². The third-order valence-electron chi connectivity index (χ3n) is 3.76. The van der Waals surface area contributed by atoms with E-state index < -0.39 is 10.0 Å². The minimum absolute atomic E-state index is 0.165. The Balaban J connectivity index is 2.34. The Hall–Kier alpha value is -2.34. The quantitative estimate of drug-likeness (QED) is 0.736. The minimum Gasteiger partial charge on any atom is -0.355 e. The normalized spacial score (nSPS) is 11.1. The van der Waals surface area contributed by atoms with Crippen LogP contribution in [0.2, 0.25) is 0 Å². The maximum atomic E-state index is 13.1. The molecule has 0 bridgehead atoms. The molecule has 0 unspecified atom stereocenters. The molecule has 6 heteroatoms. The Morgan fingerprint density at radius 3 is 2.44 bits per heavy atom. The van der Waals surface area contributed by atoms with Crippen molar-refractivity contribution in [3.8, 4) is 0 Å². The van der Waals surface area contributed by atoms with E-state index in [9.17, 15) is 13.2 Å². The van der Waals surface area contributed by atoms with Crippen LogP contribution in [0, 0.1) is 6.92 Å².